The first-order valence-corrected chi connectivity index (χ1v) is 5.72. The summed E-state index contributed by atoms with van der Waals surface area (Å²) < 4.78 is 10.9. The lowest BCUT2D eigenvalue weighted by atomic mass is 10.0. The summed E-state index contributed by atoms with van der Waals surface area (Å²) in [5, 5.41) is 3.48. The Balaban J connectivity index is 0.00000144. The average Bonchev–Trinajstić information content (AvgIpc) is 2.80. The molecule has 0 spiro atoms. The van der Waals surface area contributed by atoms with Crippen LogP contribution < -0.4 is 14.8 Å². The highest BCUT2D eigenvalue weighted by Crippen LogP contribution is 2.38. The molecule has 1 heterocycles. The Morgan fingerprint density at radius 1 is 1.18 bits per heavy atom. The molecule has 1 aromatic carbocycles. The highest BCUT2D eigenvalue weighted by atomic mass is 35.5. The molecule has 0 bridgehead atoms. The predicted molar refractivity (Wildman–Crippen MR) is 71.5 cm³/mol. The van der Waals surface area contributed by atoms with E-state index in [1.807, 2.05) is 0 Å². The van der Waals surface area contributed by atoms with E-state index in [4.69, 9.17) is 9.47 Å². The smallest absolute Gasteiger partial charge is 0.127 e. The summed E-state index contributed by atoms with van der Waals surface area (Å²) in [6, 6.07) is 4.50. The minimum Gasteiger partial charge on any atom is -0.496 e. The molecular weight excluding hydrogens is 238 g/mol. The van der Waals surface area contributed by atoms with Gasteiger partial charge in [0.1, 0.15) is 11.5 Å². The molecule has 1 aliphatic rings. The summed E-state index contributed by atoms with van der Waals surface area (Å²) in [4.78, 5) is 0. The zero-order valence-corrected chi connectivity index (χ0v) is 11.4. The van der Waals surface area contributed by atoms with E-state index in [1.165, 1.54) is 6.42 Å². The van der Waals surface area contributed by atoms with Gasteiger partial charge in [-0.25, -0.2) is 0 Å². The van der Waals surface area contributed by atoms with Crippen LogP contribution in [0.2, 0.25) is 0 Å². The van der Waals surface area contributed by atoms with Crippen LogP contribution in [-0.4, -0.2) is 20.8 Å². The van der Waals surface area contributed by atoms with Crippen molar-refractivity contribution in [2.75, 3.05) is 20.8 Å². The summed E-state index contributed by atoms with van der Waals surface area (Å²) >= 11 is 0. The minimum atomic E-state index is 0. The molecule has 0 amide bonds. The van der Waals surface area contributed by atoms with Crippen LogP contribution >= 0.6 is 12.4 Å². The van der Waals surface area contributed by atoms with Gasteiger partial charge in [-0.3, -0.25) is 0 Å². The van der Waals surface area contributed by atoms with E-state index < -0.39 is 0 Å². The quantitative estimate of drug-likeness (QED) is 0.903. The molecule has 1 N–H and O–H groups in total. The molecule has 1 saturated heterocycles. The van der Waals surface area contributed by atoms with Crippen molar-refractivity contribution in [2.24, 2.45) is 0 Å². The van der Waals surface area contributed by atoms with E-state index in [-0.39, 0.29) is 12.4 Å². The SMILES string of the molecule is COc1cc(C)cc(OC)c1[C@H]1CCCN1.Cl. The van der Waals surface area contributed by atoms with Gasteiger partial charge in [0, 0.05) is 6.04 Å². The Kier molecular flexibility index (Phi) is 5.09. The maximum atomic E-state index is 5.46. The van der Waals surface area contributed by atoms with E-state index in [0.29, 0.717) is 6.04 Å². The summed E-state index contributed by atoms with van der Waals surface area (Å²) in [5.74, 6) is 1.85. The molecule has 0 radical (unpaired) electrons. The van der Waals surface area contributed by atoms with Crippen molar-refractivity contribution in [3.63, 3.8) is 0 Å². The fourth-order valence-electron chi connectivity index (χ4n) is 2.34. The third kappa shape index (κ3) is 2.85. The molecule has 2 rings (SSSR count). The Morgan fingerprint density at radius 3 is 2.18 bits per heavy atom. The van der Waals surface area contributed by atoms with Crippen molar-refractivity contribution in [1.82, 2.24) is 5.32 Å². The number of nitrogens with one attached hydrogen (secondary N) is 1. The Bertz CT molecular complexity index is 351. The summed E-state index contributed by atoms with van der Waals surface area (Å²) in [6.45, 7) is 3.13. The standard InChI is InChI=1S/C13H19NO2.ClH/c1-9-7-11(15-2)13(12(8-9)16-3)10-5-4-6-14-10;/h7-8,10,14H,4-6H2,1-3H3;1H/t10-;/m1./s1. The molecule has 96 valence electrons. The molecule has 3 nitrogen and oxygen atoms in total. The van der Waals surface area contributed by atoms with E-state index in [9.17, 15) is 0 Å². The number of aryl methyl sites for hydroxylation is 1. The van der Waals surface area contributed by atoms with E-state index in [1.54, 1.807) is 14.2 Å². The van der Waals surface area contributed by atoms with Crippen molar-refractivity contribution >= 4 is 12.4 Å². The van der Waals surface area contributed by atoms with E-state index in [0.717, 1.165) is 35.6 Å². The van der Waals surface area contributed by atoms with Gasteiger partial charge >= 0.3 is 0 Å². The second kappa shape index (κ2) is 6.12. The molecule has 1 aliphatic heterocycles. The topological polar surface area (TPSA) is 30.5 Å². The molecule has 4 heteroatoms. The van der Waals surface area contributed by atoms with Crippen molar-refractivity contribution in [3.8, 4) is 11.5 Å². The average molecular weight is 258 g/mol. The molecule has 17 heavy (non-hydrogen) atoms. The maximum Gasteiger partial charge on any atom is 0.127 e. The zero-order chi connectivity index (χ0) is 11.5. The number of halogens is 1. The first-order chi connectivity index (χ1) is 7.76. The van der Waals surface area contributed by atoms with Gasteiger partial charge in [-0.05, 0) is 44.0 Å². The van der Waals surface area contributed by atoms with Crippen molar-refractivity contribution < 1.29 is 9.47 Å². The fraction of sp³-hybridized carbons (Fsp3) is 0.538. The lowest BCUT2D eigenvalue weighted by molar-refractivity contribution is 0.375. The van der Waals surface area contributed by atoms with Gasteiger partial charge in [0.25, 0.3) is 0 Å². The molecule has 0 unspecified atom stereocenters. The second-order valence-corrected chi connectivity index (χ2v) is 4.23. The number of rotatable bonds is 3. The van der Waals surface area contributed by atoms with Crippen LogP contribution in [0.25, 0.3) is 0 Å². The summed E-state index contributed by atoms with van der Waals surface area (Å²) in [5.41, 5.74) is 2.32. The summed E-state index contributed by atoms with van der Waals surface area (Å²) in [7, 11) is 3.43. The largest absolute Gasteiger partial charge is 0.496 e. The molecule has 0 aliphatic carbocycles. The summed E-state index contributed by atoms with van der Waals surface area (Å²) in [6.07, 6.45) is 2.36. The van der Waals surface area contributed by atoms with Crippen LogP contribution in [0, 0.1) is 6.92 Å². The second-order valence-electron chi connectivity index (χ2n) is 4.23. The Labute approximate surface area is 109 Å². The molecule has 1 fully saturated rings. The van der Waals surface area contributed by atoms with Gasteiger partial charge in [0.2, 0.25) is 0 Å². The van der Waals surface area contributed by atoms with Gasteiger partial charge in [0.15, 0.2) is 0 Å². The van der Waals surface area contributed by atoms with Crippen LogP contribution in [0.1, 0.15) is 30.0 Å². The molecule has 1 aromatic rings. The monoisotopic (exact) mass is 257 g/mol. The zero-order valence-electron chi connectivity index (χ0n) is 10.6. The molecule has 0 saturated carbocycles. The van der Waals surface area contributed by atoms with Crippen LogP contribution in [0.15, 0.2) is 12.1 Å². The van der Waals surface area contributed by atoms with Crippen LogP contribution in [-0.2, 0) is 0 Å². The third-order valence-corrected chi connectivity index (χ3v) is 3.10. The molecule has 1 atom stereocenters. The van der Waals surface area contributed by atoms with Gasteiger partial charge in [-0.1, -0.05) is 0 Å². The molecular formula is C13H20ClNO2. The van der Waals surface area contributed by atoms with Gasteiger partial charge in [-0.2, -0.15) is 0 Å². The normalized spacial score (nSPS) is 18.6. The van der Waals surface area contributed by atoms with Crippen LogP contribution in [0.3, 0.4) is 0 Å². The van der Waals surface area contributed by atoms with Crippen molar-refractivity contribution in [2.45, 2.75) is 25.8 Å². The first-order valence-electron chi connectivity index (χ1n) is 5.72. The van der Waals surface area contributed by atoms with Gasteiger partial charge < -0.3 is 14.8 Å². The number of methoxy groups -OCH3 is 2. The maximum absolute atomic E-state index is 5.46. The Morgan fingerprint density at radius 2 is 1.76 bits per heavy atom. The molecule has 0 aromatic heterocycles. The van der Waals surface area contributed by atoms with Crippen LogP contribution in [0.4, 0.5) is 0 Å². The van der Waals surface area contributed by atoms with Crippen LogP contribution in [0.5, 0.6) is 11.5 Å². The van der Waals surface area contributed by atoms with Crippen molar-refractivity contribution in [1.29, 1.82) is 0 Å². The number of benzene rings is 1. The third-order valence-electron chi connectivity index (χ3n) is 3.10. The predicted octanol–water partition coefficient (Wildman–Crippen LogP) is 2.86. The lowest BCUT2D eigenvalue weighted by Gasteiger charge is -2.19. The number of ether oxygens (including phenoxy) is 2. The number of hydrogen-bond donors (Lipinski definition) is 1. The Hall–Kier alpha value is -0.930. The first kappa shape index (κ1) is 14.1. The highest BCUT2D eigenvalue weighted by molar-refractivity contribution is 5.85. The number of hydrogen-bond acceptors (Lipinski definition) is 3. The fourth-order valence-corrected chi connectivity index (χ4v) is 2.34. The van der Waals surface area contributed by atoms with Crippen molar-refractivity contribution in [3.05, 3.63) is 23.3 Å². The van der Waals surface area contributed by atoms with E-state index >= 15 is 0 Å². The minimum absolute atomic E-state index is 0. The van der Waals surface area contributed by atoms with E-state index in [2.05, 4.69) is 24.4 Å². The highest BCUT2D eigenvalue weighted by Gasteiger charge is 2.24. The van der Waals surface area contributed by atoms with Gasteiger partial charge in [0.05, 0.1) is 19.8 Å². The lowest BCUT2D eigenvalue weighted by Crippen LogP contribution is -2.15. The van der Waals surface area contributed by atoms with Gasteiger partial charge in [-0.15, -0.1) is 12.4 Å².